The van der Waals surface area contributed by atoms with E-state index in [9.17, 15) is 4.79 Å². The lowest BCUT2D eigenvalue weighted by atomic mass is 9.87. The molecule has 134 valence electrons. The van der Waals surface area contributed by atoms with E-state index >= 15 is 0 Å². The van der Waals surface area contributed by atoms with E-state index in [0.717, 1.165) is 25.1 Å². The molecule has 0 N–H and O–H groups in total. The standard InChI is InChI=1S/C20H25NO2S2/c1-19-12-17(22)11-16(10-15-4-6-18(23-2)7-5-15)21(19)14-20(13-19)24-8-3-9-25-20/h4-7,11H,3,8-10,12-14H2,1-2H3/t19-/m0/s1. The van der Waals surface area contributed by atoms with Gasteiger partial charge in [-0.15, -0.1) is 23.5 Å². The number of hydrogen-bond acceptors (Lipinski definition) is 5. The second-order valence-electron chi connectivity index (χ2n) is 7.52. The van der Waals surface area contributed by atoms with Gasteiger partial charge in [-0.1, -0.05) is 12.1 Å². The van der Waals surface area contributed by atoms with Gasteiger partial charge in [0, 0.05) is 36.7 Å². The molecular formula is C20H25NO2S2. The van der Waals surface area contributed by atoms with Crippen molar-refractivity contribution in [2.75, 3.05) is 25.2 Å². The van der Waals surface area contributed by atoms with Crippen LogP contribution in [0, 0.1) is 0 Å². The number of fused-ring (bicyclic) bond motifs is 1. The Balaban J connectivity index is 1.59. The first-order valence-corrected chi connectivity index (χ1v) is 10.9. The molecule has 0 radical (unpaired) electrons. The predicted molar refractivity (Wildman–Crippen MR) is 106 cm³/mol. The molecule has 1 spiro atoms. The predicted octanol–water partition coefficient (Wildman–Crippen LogP) is 4.13. The molecule has 1 atom stereocenters. The summed E-state index contributed by atoms with van der Waals surface area (Å²) < 4.78 is 5.53. The third-order valence-electron chi connectivity index (χ3n) is 5.49. The third-order valence-corrected chi connectivity index (χ3v) is 8.79. The van der Waals surface area contributed by atoms with Crippen molar-refractivity contribution in [2.24, 2.45) is 0 Å². The van der Waals surface area contributed by atoms with E-state index in [4.69, 9.17) is 4.74 Å². The van der Waals surface area contributed by atoms with E-state index in [1.165, 1.54) is 29.2 Å². The summed E-state index contributed by atoms with van der Waals surface area (Å²) in [5.74, 6) is 3.66. The molecule has 2 saturated heterocycles. The number of rotatable bonds is 3. The second-order valence-corrected chi connectivity index (χ2v) is 10.7. The number of ketones is 1. The molecule has 3 aliphatic rings. The molecule has 0 bridgehead atoms. The van der Waals surface area contributed by atoms with Crippen LogP contribution >= 0.6 is 23.5 Å². The number of allylic oxidation sites excluding steroid dienone is 2. The van der Waals surface area contributed by atoms with Crippen molar-refractivity contribution in [3.05, 3.63) is 41.6 Å². The largest absolute Gasteiger partial charge is 0.497 e. The molecule has 25 heavy (non-hydrogen) atoms. The van der Waals surface area contributed by atoms with Crippen molar-refractivity contribution >= 4 is 29.3 Å². The summed E-state index contributed by atoms with van der Waals surface area (Å²) in [6.07, 6.45) is 5.78. The Kier molecular flexibility index (Phi) is 4.57. The zero-order valence-corrected chi connectivity index (χ0v) is 16.5. The van der Waals surface area contributed by atoms with Gasteiger partial charge in [-0.3, -0.25) is 4.79 Å². The molecule has 1 aromatic carbocycles. The highest BCUT2D eigenvalue weighted by molar-refractivity contribution is 8.18. The zero-order chi connectivity index (χ0) is 17.5. The van der Waals surface area contributed by atoms with E-state index in [1.807, 2.05) is 18.2 Å². The van der Waals surface area contributed by atoms with Gasteiger partial charge in [0.2, 0.25) is 0 Å². The number of nitrogens with zero attached hydrogens (tertiary/aromatic N) is 1. The average molecular weight is 376 g/mol. The van der Waals surface area contributed by atoms with Gasteiger partial charge in [0.05, 0.1) is 11.2 Å². The number of ether oxygens (including phenoxy) is 1. The van der Waals surface area contributed by atoms with Crippen LogP contribution in [0.1, 0.15) is 31.7 Å². The molecule has 3 aliphatic heterocycles. The summed E-state index contributed by atoms with van der Waals surface area (Å²) in [5.41, 5.74) is 2.40. The van der Waals surface area contributed by atoms with Gasteiger partial charge in [0.15, 0.2) is 5.78 Å². The Labute approximate surface area is 158 Å². The average Bonchev–Trinajstić information content (AvgIpc) is 2.87. The van der Waals surface area contributed by atoms with Crippen molar-refractivity contribution < 1.29 is 9.53 Å². The summed E-state index contributed by atoms with van der Waals surface area (Å²) in [4.78, 5) is 15.0. The summed E-state index contributed by atoms with van der Waals surface area (Å²) in [7, 11) is 1.69. The number of thioether (sulfide) groups is 2. The quantitative estimate of drug-likeness (QED) is 0.793. The van der Waals surface area contributed by atoms with E-state index in [-0.39, 0.29) is 15.4 Å². The minimum absolute atomic E-state index is 0.0228. The number of methoxy groups -OCH3 is 1. The number of carbonyl (C=O) groups excluding carboxylic acids is 1. The normalized spacial score (nSPS) is 28.0. The van der Waals surface area contributed by atoms with E-state index in [1.54, 1.807) is 7.11 Å². The SMILES string of the molecule is COc1ccc(CC2=CC(=O)C[C@@]3(C)CC4(CN23)SCCCS4)cc1. The van der Waals surface area contributed by atoms with Crippen molar-refractivity contribution in [3.8, 4) is 5.75 Å². The highest BCUT2D eigenvalue weighted by Crippen LogP contribution is 2.56. The van der Waals surface area contributed by atoms with Crippen LogP contribution in [-0.2, 0) is 11.2 Å². The molecular weight excluding hydrogens is 350 g/mol. The van der Waals surface area contributed by atoms with Crippen molar-refractivity contribution in [3.63, 3.8) is 0 Å². The van der Waals surface area contributed by atoms with Crippen LogP contribution in [0.5, 0.6) is 5.75 Å². The van der Waals surface area contributed by atoms with Gasteiger partial charge < -0.3 is 9.64 Å². The molecule has 3 heterocycles. The van der Waals surface area contributed by atoms with Crippen LogP contribution in [0.4, 0.5) is 0 Å². The molecule has 0 saturated carbocycles. The summed E-state index contributed by atoms with van der Waals surface area (Å²) in [5, 5.41) is 0. The Hall–Kier alpha value is -1.07. The first-order valence-electron chi connectivity index (χ1n) is 8.94. The first kappa shape index (κ1) is 17.3. The summed E-state index contributed by atoms with van der Waals surface area (Å²) in [6.45, 7) is 3.35. The minimum atomic E-state index is -0.0228. The van der Waals surface area contributed by atoms with Gasteiger partial charge in [0.1, 0.15) is 5.75 Å². The lowest BCUT2D eigenvalue weighted by molar-refractivity contribution is -0.117. The molecule has 0 unspecified atom stereocenters. The van der Waals surface area contributed by atoms with Gasteiger partial charge in [-0.05, 0) is 49.0 Å². The smallest absolute Gasteiger partial charge is 0.159 e. The lowest BCUT2D eigenvalue weighted by Crippen LogP contribution is -2.45. The Morgan fingerprint density at radius 3 is 2.60 bits per heavy atom. The van der Waals surface area contributed by atoms with Crippen LogP contribution in [-0.4, -0.2) is 45.5 Å². The number of carbonyl (C=O) groups is 1. The minimum Gasteiger partial charge on any atom is -0.497 e. The fourth-order valence-corrected chi connectivity index (χ4v) is 7.97. The van der Waals surface area contributed by atoms with Crippen molar-refractivity contribution in [2.45, 2.75) is 42.2 Å². The van der Waals surface area contributed by atoms with Crippen LogP contribution in [0.25, 0.3) is 0 Å². The van der Waals surface area contributed by atoms with Gasteiger partial charge >= 0.3 is 0 Å². The van der Waals surface area contributed by atoms with E-state index in [0.29, 0.717) is 6.42 Å². The van der Waals surface area contributed by atoms with Gasteiger partial charge in [-0.2, -0.15) is 0 Å². The van der Waals surface area contributed by atoms with Crippen molar-refractivity contribution in [1.29, 1.82) is 0 Å². The number of benzene rings is 1. The van der Waals surface area contributed by atoms with Crippen LogP contribution in [0.3, 0.4) is 0 Å². The fourth-order valence-electron chi connectivity index (χ4n) is 4.37. The molecule has 0 aromatic heterocycles. The lowest BCUT2D eigenvalue weighted by Gasteiger charge is -2.40. The monoisotopic (exact) mass is 375 g/mol. The highest BCUT2D eigenvalue weighted by atomic mass is 32.2. The molecule has 2 fully saturated rings. The number of hydrogen-bond donors (Lipinski definition) is 0. The fraction of sp³-hybridized carbons (Fsp3) is 0.550. The Morgan fingerprint density at radius 2 is 1.92 bits per heavy atom. The van der Waals surface area contributed by atoms with Gasteiger partial charge in [0.25, 0.3) is 0 Å². The summed E-state index contributed by atoms with van der Waals surface area (Å²) >= 11 is 4.24. The van der Waals surface area contributed by atoms with Crippen LogP contribution in [0.15, 0.2) is 36.0 Å². The van der Waals surface area contributed by atoms with Gasteiger partial charge in [-0.25, -0.2) is 0 Å². The Bertz CT molecular complexity index is 694. The third kappa shape index (κ3) is 3.33. The maximum atomic E-state index is 12.4. The molecule has 3 nitrogen and oxygen atoms in total. The van der Waals surface area contributed by atoms with Crippen LogP contribution < -0.4 is 4.74 Å². The van der Waals surface area contributed by atoms with Crippen molar-refractivity contribution in [1.82, 2.24) is 4.90 Å². The highest BCUT2D eigenvalue weighted by Gasteiger charge is 2.54. The maximum absolute atomic E-state index is 12.4. The zero-order valence-electron chi connectivity index (χ0n) is 14.9. The maximum Gasteiger partial charge on any atom is 0.159 e. The topological polar surface area (TPSA) is 29.5 Å². The first-order chi connectivity index (χ1) is 12.0. The molecule has 4 rings (SSSR count). The molecule has 0 amide bonds. The van der Waals surface area contributed by atoms with Crippen LogP contribution in [0.2, 0.25) is 0 Å². The van der Waals surface area contributed by atoms with E-state index < -0.39 is 0 Å². The summed E-state index contributed by atoms with van der Waals surface area (Å²) in [6, 6.07) is 8.20. The molecule has 5 heteroatoms. The van der Waals surface area contributed by atoms with E-state index in [2.05, 4.69) is 47.5 Å². The second kappa shape index (κ2) is 6.58. The molecule has 1 aromatic rings. The Morgan fingerprint density at radius 1 is 1.20 bits per heavy atom. The molecule has 0 aliphatic carbocycles.